The zero-order valence-corrected chi connectivity index (χ0v) is 15.0. The highest BCUT2D eigenvalue weighted by atomic mass is 15.2. The van der Waals surface area contributed by atoms with Crippen molar-refractivity contribution in [2.24, 2.45) is 10.4 Å². The Labute approximate surface area is 141 Å². The molecule has 0 unspecified atom stereocenters. The molecule has 2 rings (SSSR count). The molecular formula is C19H32N4. The highest BCUT2D eigenvalue weighted by Crippen LogP contribution is 2.41. The number of nitrogens with zero attached hydrogens (tertiary/aromatic N) is 2. The summed E-state index contributed by atoms with van der Waals surface area (Å²) in [6.07, 6.45) is 9.58. The highest BCUT2D eigenvalue weighted by molar-refractivity contribution is 5.79. The van der Waals surface area contributed by atoms with Crippen molar-refractivity contribution in [3.8, 4) is 0 Å². The maximum absolute atomic E-state index is 4.86. The lowest BCUT2D eigenvalue weighted by molar-refractivity contribution is 0.297. The van der Waals surface area contributed by atoms with E-state index in [4.69, 9.17) is 4.99 Å². The van der Waals surface area contributed by atoms with E-state index in [2.05, 4.69) is 41.6 Å². The molecular weight excluding hydrogens is 284 g/mol. The molecule has 0 amide bonds. The van der Waals surface area contributed by atoms with Crippen LogP contribution >= 0.6 is 0 Å². The number of aromatic nitrogens is 1. The van der Waals surface area contributed by atoms with Crippen molar-refractivity contribution >= 4 is 5.96 Å². The molecule has 1 saturated carbocycles. The van der Waals surface area contributed by atoms with Gasteiger partial charge in [-0.15, -0.1) is 0 Å². The molecule has 128 valence electrons. The Balaban J connectivity index is 1.85. The van der Waals surface area contributed by atoms with Crippen molar-refractivity contribution in [1.29, 1.82) is 0 Å². The standard InChI is InChI=1S/C19H32N4/c1-4-19(11-6-7-12-19)15-23-18(20-5-2)21-13-10-17-9-8-16(3)22-14-17/h8-9,14H,4-7,10-13,15H2,1-3H3,(H2,20,21,23). The van der Waals surface area contributed by atoms with E-state index in [9.17, 15) is 0 Å². The third kappa shape index (κ3) is 5.52. The molecule has 0 atom stereocenters. The van der Waals surface area contributed by atoms with Crippen LogP contribution in [-0.2, 0) is 6.42 Å². The fourth-order valence-corrected chi connectivity index (χ4v) is 3.31. The van der Waals surface area contributed by atoms with Gasteiger partial charge in [0.05, 0.1) is 0 Å². The molecule has 0 aromatic carbocycles. The number of hydrogen-bond donors (Lipinski definition) is 2. The quantitative estimate of drug-likeness (QED) is 0.598. The summed E-state index contributed by atoms with van der Waals surface area (Å²) in [6.45, 7) is 9.18. The monoisotopic (exact) mass is 316 g/mol. The lowest BCUT2D eigenvalue weighted by atomic mass is 9.84. The third-order valence-electron chi connectivity index (χ3n) is 5.01. The van der Waals surface area contributed by atoms with Crippen LogP contribution in [-0.4, -0.2) is 30.6 Å². The molecule has 2 N–H and O–H groups in total. The van der Waals surface area contributed by atoms with Gasteiger partial charge in [0, 0.05) is 31.5 Å². The fraction of sp³-hybridized carbons (Fsp3) is 0.684. The van der Waals surface area contributed by atoms with Crippen molar-refractivity contribution in [2.75, 3.05) is 19.6 Å². The summed E-state index contributed by atoms with van der Waals surface area (Å²) >= 11 is 0. The average Bonchev–Trinajstić information content (AvgIpc) is 3.04. The minimum absolute atomic E-state index is 0.448. The van der Waals surface area contributed by atoms with Gasteiger partial charge >= 0.3 is 0 Å². The second kappa shape index (κ2) is 8.90. The maximum Gasteiger partial charge on any atom is 0.191 e. The van der Waals surface area contributed by atoms with Crippen molar-refractivity contribution in [2.45, 2.75) is 59.3 Å². The summed E-state index contributed by atoms with van der Waals surface area (Å²) < 4.78 is 0. The number of aliphatic imine (C=N–C) groups is 1. The molecule has 1 aliphatic carbocycles. The SMILES string of the molecule is CCNC(=NCC1(CC)CCCC1)NCCc1ccc(C)nc1. The molecule has 1 fully saturated rings. The predicted octanol–water partition coefficient (Wildman–Crippen LogP) is 3.46. The summed E-state index contributed by atoms with van der Waals surface area (Å²) in [7, 11) is 0. The molecule has 4 nitrogen and oxygen atoms in total. The second-order valence-corrected chi connectivity index (χ2v) is 6.74. The van der Waals surface area contributed by atoms with E-state index in [1.54, 1.807) is 0 Å². The molecule has 0 saturated heterocycles. The average molecular weight is 316 g/mol. The van der Waals surface area contributed by atoms with Crippen molar-refractivity contribution < 1.29 is 0 Å². The number of pyridine rings is 1. The first kappa shape index (κ1) is 17.8. The summed E-state index contributed by atoms with van der Waals surface area (Å²) in [6, 6.07) is 4.22. The number of guanidine groups is 1. The van der Waals surface area contributed by atoms with Crippen molar-refractivity contribution in [1.82, 2.24) is 15.6 Å². The second-order valence-electron chi connectivity index (χ2n) is 6.74. The van der Waals surface area contributed by atoms with Crippen LogP contribution in [0.1, 0.15) is 57.2 Å². The van der Waals surface area contributed by atoms with E-state index < -0.39 is 0 Å². The molecule has 0 bridgehead atoms. The van der Waals surface area contributed by atoms with Gasteiger partial charge < -0.3 is 10.6 Å². The van der Waals surface area contributed by atoms with Gasteiger partial charge in [-0.1, -0.05) is 25.8 Å². The first-order valence-corrected chi connectivity index (χ1v) is 9.11. The largest absolute Gasteiger partial charge is 0.357 e. The first-order valence-electron chi connectivity index (χ1n) is 9.11. The Hall–Kier alpha value is -1.58. The van der Waals surface area contributed by atoms with Gasteiger partial charge in [-0.25, -0.2) is 0 Å². The minimum atomic E-state index is 0.448. The minimum Gasteiger partial charge on any atom is -0.357 e. The van der Waals surface area contributed by atoms with Gasteiger partial charge in [0.15, 0.2) is 5.96 Å². The van der Waals surface area contributed by atoms with Crippen LogP contribution in [0.25, 0.3) is 0 Å². The number of aryl methyl sites for hydroxylation is 1. The van der Waals surface area contributed by atoms with E-state index in [0.29, 0.717) is 5.41 Å². The van der Waals surface area contributed by atoms with E-state index in [1.165, 1.54) is 37.7 Å². The fourth-order valence-electron chi connectivity index (χ4n) is 3.31. The topological polar surface area (TPSA) is 49.3 Å². The molecule has 1 aliphatic rings. The van der Waals surface area contributed by atoms with Crippen LogP contribution in [0.2, 0.25) is 0 Å². The molecule has 23 heavy (non-hydrogen) atoms. The summed E-state index contributed by atoms with van der Waals surface area (Å²) in [5.41, 5.74) is 2.78. The molecule has 1 heterocycles. The Bertz CT molecular complexity index is 487. The maximum atomic E-state index is 4.86. The lowest BCUT2D eigenvalue weighted by Gasteiger charge is -2.25. The summed E-state index contributed by atoms with van der Waals surface area (Å²) in [5, 5.41) is 6.83. The van der Waals surface area contributed by atoms with Crippen LogP contribution in [0, 0.1) is 12.3 Å². The summed E-state index contributed by atoms with van der Waals surface area (Å²) in [5.74, 6) is 0.951. The van der Waals surface area contributed by atoms with Crippen molar-refractivity contribution in [3.63, 3.8) is 0 Å². The van der Waals surface area contributed by atoms with Crippen LogP contribution in [0.15, 0.2) is 23.3 Å². The van der Waals surface area contributed by atoms with Crippen LogP contribution in [0.5, 0.6) is 0 Å². The van der Waals surface area contributed by atoms with Gasteiger partial charge in [-0.05, 0) is 56.6 Å². The van der Waals surface area contributed by atoms with E-state index >= 15 is 0 Å². The number of rotatable bonds is 7. The van der Waals surface area contributed by atoms with Crippen LogP contribution in [0.4, 0.5) is 0 Å². The van der Waals surface area contributed by atoms with Gasteiger partial charge in [-0.3, -0.25) is 9.98 Å². The molecule has 4 heteroatoms. The molecule has 0 spiro atoms. The predicted molar refractivity (Wildman–Crippen MR) is 97.9 cm³/mol. The zero-order valence-electron chi connectivity index (χ0n) is 15.0. The number of nitrogens with one attached hydrogen (secondary N) is 2. The van der Waals surface area contributed by atoms with E-state index in [-0.39, 0.29) is 0 Å². The van der Waals surface area contributed by atoms with Gasteiger partial charge in [0.1, 0.15) is 0 Å². The molecule has 1 aromatic rings. The van der Waals surface area contributed by atoms with Gasteiger partial charge in [-0.2, -0.15) is 0 Å². The Kier molecular flexibility index (Phi) is 6.87. The van der Waals surface area contributed by atoms with E-state index in [1.807, 2.05) is 13.1 Å². The smallest absolute Gasteiger partial charge is 0.191 e. The van der Waals surface area contributed by atoms with Crippen LogP contribution < -0.4 is 10.6 Å². The third-order valence-corrected chi connectivity index (χ3v) is 5.01. The summed E-state index contributed by atoms with van der Waals surface area (Å²) in [4.78, 5) is 9.21. The van der Waals surface area contributed by atoms with Gasteiger partial charge in [0.25, 0.3) is 0 Å². The van der Waals surface area contributed by atoms with Crippen molar-refractivity contribution in [3.05, 3.63) is 29.6 Å². The van der Waals surface area contributed by atoms with E-state index in [0.717, 1.165) is 37.7 Å². The van der Waals surface area contributed by atoms with Gasteiger partial charge in [0.2, 0.25) is 0 Å². The number of hydrogen-bond acceptors (Lipinski definition) is 2. The Morgan fingerprint density at radius 3 is 2.61 bits per heavy atom. The Morgan fingerprint density at radius 1 is 1.22 bits per heavy atom. The van der Waals surface area contributed by atoms with Crippen LogP contribution in [0.3, 0.4) is 0 Å². The molecule has 0 aliphatic heterocycles. The zero-order chi connectivity index (χ0) is 16.5. The first-order chi connectivity index (χ1) is 11.2. The Morgan fingerprint density at radius 2 is 2.00 bits per heavy atom. The lowest BCUT2D eigenvalue weighted by Crippen LogP contribution is -2.39. The molecule has 0 radical (unpaired) electrons. The highest BCUT2D eigenvalue weighted by Gasteiger charge is 2.31. The normalized spacial score (nSPS) is 17.3. The molecule has 1 aromatic heterocycles.